The van der Waals surface area contributed by atoms with E-state index in [1.807, 2.05) is 0 Å². The molecule has 0 nitrogen and oxygen atoms in total. The molecule has 1 aliphatic carbocycles. The largest absolute Gasteiger partial charge is 0.0552 e. The Morgan fingerprint density at radius 3 is 1.27 bits per heavy atom. The van der Waals surface area contributed by atoms with E-state index in [4.69, 9.17) is 0 Å². The molecule has 2 radical (unpaired) electrons. The third-order valence-corrected chi connectivity index (χ3v) is 3.82. The van der Waals surface area contributed by atoms with Crippen LogP contribution in [-0.4, -0.2) is 5.16 Å². The molecular formula is C10H15P. The van der Waals surface area contributed by atoms with E-state index in [0.717, 1.165) is 0 Å². The minimum atomic E-state index is 0.00810. The summed E-state index contributed by atoms with van der Waals surface area (Å²) in [5.41, 5.74) is 5.63. The van der Waals surface area contributed by atoms with Gasteiger partial charge in [-0.05, 0) is 55.0 Å². The van der Waals surface area contributed by atoms with Crippen molar-refractivity contribution in [2.45, 2.75) is 39.8 Å². The van der Waals surface area contributed by atoms with Crippen molar-refractivity contribution in [2.75, 3.05) is 0 Å². The van der Waals surface area contributed by atoms with Crippen LogP contribution >= 0.6 is 9.24 Å². The molecule has 0 atom stereocenters. The van der Waals surface area contributed by atoms with Crippen LogP contribution in [0.3, 0.4) is 0 Å². The van der Waals surface area contributed by atoms with Gasteiger partial charge < -0.3 is 0 Å². The lowest BCUT2D eigenvalue weighted by molar-refractivity contribution is 0.876. The minimum absolute atomic E-state index is 0.00810. The summed E-state index contributed by atoms with van der Waals surface area (Å²) in [6.07, 6.45) is 0. The number of hydrogen-bond donors (Lipinski definition) is 0. The van der Waals surface area contributed by atoms with Crippen LogP contribution in [0.1, 0.15) is 34.6 Å². The average molecular weight is 166 g/mol. The van der Waals surface area contributed by atoms with Crippen molar-refractivity contribution in [1.29, 1.82) is 0 Å². The molecule has 0 aromatic rings. The molecule has 1 rings (SSSR count). The van der Waals surface area contributed by atoms with E-state index < -0.39 is 0 Å². The molecule has 0 fully saturated rings. The van der Waals surface area contributed by atoms with E-state index in [0.29, 0.717) is 0 Å². The van der Waals surface area contributed by atoms with Gasteiger partial charge in [0.25, 0.3) is 0 Å². The molecule has 0 aliphatic heterocycles. The van der Waals surface area contributed by atoms with Crippen LogP contribution in [-0.2, 0) is 0 Å². The molecule has 0 unspecified atom stereocenters. The molecule has 0 bridgehead atoms. The van der Waals surface area contributed by atoms with Crippen molar-refractivity contribution in [3.05, 3.63) is 22.3 Å². The van der Waals surface area contributed by atoms with E-state index in [1.165, 1.54) is 22.3 Å². The summed E-state index contributed by atoms with van der Waals surface area (Å²) in [6, 6.07) is 0. The van der Waals surface area contributed by atoms with Crippen molar-refractivity contribution in [1.82, 2.24) is 0 Å². The molecule has 0 spiro atoms. The molecule has 60 valence electrons. The Morgan fingerprint density at radius 2 is 1.18 bits per heavy atom. The van der Waals surface area contributed by atoms with Gasteiger partial charge in [-0.1, -0.05) is 11.1 Å². The fraction of sp³-hybridized carbons (Fsp3) is 0.600. The summed E-state index contributed by atoms with van der Waals surface area (Å²) in [5.74, 6) is 0. The van der Waals surface area contributed by atoms with Crippen LogP contribution in [0.2, 0.25) is 0 Å². The highest BCUT2D eigenvalue weighted by molar-refractivity contribution is 7.20. The summed E-state index contributed by atoms with van der Waals surface area (Å²) in [7, 11) is 4.64. The second kappa shape index (κ2) is 2.45. The van der Waals surface area contributed by atoms with Gasteiger partial charge in [-0.3, -0.25) is 0 Å². The highest BCUT2D eigenvalue weighted by Crippen LogP contribution is 2.45. The van der Waals surface area contributed by atoms with Crippen LogP contribution < -0.4 is 0 Å². The quantitative estimate of drug-likeness (QED) is 0.479. The van der Waals surface area contributed by atoms with Crippen molar-refractivity contribution in [2.24, 2.45) is 0 Å². The first-order valence-corrected chi connectivity index (χ1v) is 4.42. The van der Waals surface area contributed by atoms with Gasteiger partial charge in [0.2, 0.25) is 0 Å². The van der Waals surface area contributed by atoms with Crippen molar-refractivity contribution in [3.63, 3.8) is 0 Å². The third kappa shape index (κ3) is 1.08. The Morgan fingerprint density at radius 1 is 0.909 bits per heavy atom. The van der Waals surface area contributed by atoms with E-state index in [1.54, 1.807) is 0 Å². The molecule has 0 saturated heterocycles. The summed E-state index contributed by atoms with van der Waals surface area (Å²) >= 11 is 0. The third-order valence-electron chi connectivity index (χ3n) is 3.15. The molecule has 0 N–H and O–H groups in total. The lowest BCUT2D eigenvalue weighted by atomic mass is 9.98. The zero-order chi connectivity index (χ0) is 8.81. The maximum atomic E-state index is 4.64. The van der Waals surface area contributed by atoms with Gasteiger partial charge in [0, 0.05) is 5.16 Å². The molecule has 0 saturated carbocycles. The fourth-order valence-corrected chi connectivity index (χ4v) is 1.91. The summed E-state index contributed by atoms with van der Waals surface area (Å²) in [4.78, 5) is 0. The Labute approximate surface area is 72.0 Å². The molecule has 0 heterocycles. The van der Waals surface area contributed by atoms with Crippen molar-refractivity contribution >= 4 is 9.24 Å². The zero-order valence-corrected chi connectivity index (χ0v) is 8.84. The number of allylic oxidation sites excluding steroid dienone is 4. The van der Waals surface area contributed by atoms with Crippen LogP contribution in [0.5, 0.6) is 0 Å². The molecule has 0 aromatic heterocycles. The van der Waals surface area contributed by atoms with Crippen LogP contribution in [0.15, 0.2) is 22.3 Å². The topological polar surface area (TPSA) is 0 Å². The van der Waals surface area contributed by atoms with Gasteiger partial charge in [0.15, 0.2) is 0 Å². The first kappa shape index (κ1) is 9.00. The zero-order valence-electron chi connectivity index (χ0n) is 7.95. The highest BCUT2D eigenvalue weighted by Gasteiger charge is 2.32. The molecule has 1 aliphatic rings. The fourth-order valence-electron chi connectivity index (χ4n) is 1.57. The van der Waals surface area contributed by atoms with Crippen LogP contribution in [0, 0.1) is 0 Å². The van der Waals surface area contributed by atoms with E-state index in [9.17, 15) is 0 Å². The molecule has 0 aromatic carbocycles. The van der Waals surface area contributed by atoms with Crippen LogP contribution in [0.4, 0.5) is 0 Å². The normalized spacial score (nSPS) is 23.5. The van der Waals surface area contributed by atoms with E-state index >= 15 is 0 Å². The van der Waals surface area contributed by atoms with Crippen molar-refractivity contribution < 1.29 is 0 Å². The maximum Gasteiger partial charge on any atom is 0.0384 e. The summed E-state index contributed by atoms with van der Waals surface area (Å²) in [5, 5.41) is 0.00810. The van der Waals surface area contributed by atoms with Crippen LogP contribution in [0.25, 0.3) is 0 Å². The SMILES string of the molecule is CC1=C(C)C(C)([P])C(C)=C1C. The lowest BCUT2D eigenvalue weighted by Crippen LogP contribution is -2.15. The first-order valence-electron chi connectivity index (χ1n) is 3.97. The van der Waals surface area contributed by atoms with Crippen molar-refractivity contribution in [3.8, 4) is 0 Å². The van der Waals surface area contributed by atoms with E-state index in [2.05, 4.69) is 43.9 Å². The standard InChI is InChI=1S/C10H15P/c1-6-7(2)9(4)10(5,11)8(6)3/h1-5H3. The monoisotopic (exact) mass is 166 g/mol. The molecule has 0 amide bonds. The Bertz CT molecular complexity index is 228. The molecular weight excluding hydrogens is 151 g/mol. The van der Waals surface area contributed by atoms with Gasteiger partial charge in [-0.25, -0.2) is 0 Å². The molecule has 1 heteroatoms. The minimum Gasteiger partial charge on any atom is -0.0552 e. The Hall–Kier alpha value is -0.0900. The first-order chi connectivity index (χ1) is 4.89. The summed E-state index contributed by atoms with van der Waals surface area (Å²) < 4.78 is 0. The highest BCUT2D eigenvalue weighted by atomic mass is 31.0. The van der Waals surface area contributed by atoms with Gasteiger partial charge >= 0.3 is 0 Å². The second-order valence-electron chi connectivity index (χ2n) is 3.57. The smallest absolute Gasteiger partial charge is 0.0384 e. The van der Waals surface area contributed by atoms with Gasteiger partial charge in [-0.15, -0.1) is 0 Å². The van der Waals surface area contributed by atoms with E-state index in [-0.39, 0.29) is 5.16 Å². The van der Waals surface area contributed by atoms with Gasteiger partial charge in [0.05, 0.1) is 0 Å². The second-order valence-corrected chi connectivity index (χ2v) is 4.47. The predicted octanol–water partition coefficient (Wildman–Crippen LogP) is 3.84. The number of hydrogen-bond acceptors (Lipinski definition) is 0. The predicted molar refractivity (Wildman–Crippen MR) is 52.1 cm³/mol. The average Bonchev–Trinajstić information content (AvgIpc) is 2.06. The van der Waals surface area contributed by atoms with Gasteiger partial charge in [-0.2, -0.15) is 0 Å². The summed E-state index contributed by atoms with van der Waals surface area (Å²) in [6.45, 7) is 10.9. The Kier molecular flexibility index (Phi) is 2.01. The Balaban J connectivity index is 3.27. The number of rotatable bonds is 0. The van der Waals surface area contributed by atoms with Gasteiger partial charge in [0.1, 0.15) is 0 Å². The molecule has 11 heavy (non-hydrogen) atoms. The maximum absolute atomic E-state index is 4.64. The lowest BCUT2D eigenvalue weighted by Gasteiger charge is -2.21.